The van der Waals surface area contributed by atoms with Gasteiger partial charge in [0, 0.05) is 32.8 Å². The van der Waals surface area contributed by atoms with E-state index >= 15 is 0 Å². The molecule has 1 atom stereocenters. The quantitative estimate of drug-likeness (QED) is 0.592. The minimum Gasteiger partial charge on any atom is -0.377 e. The molecule has 1 fully saturated rings. The third-order valence-electron chi connectivity index (χ3n) is 2.41. The Hall–Kier alpha value is -0.120. The monoisotopic (exact) mass is 158 g/mol. The van der Waals surface area contributed by atoms with E-state index in [4.69, 9.17) is 4.74 Å². The van der Waals surface area contributed by atoms with Crippen LogP contribution in [0.1, 0.15) is 13.8 Å². The second kappa shape index (κ2) is 3.52. The number of ether oxygens (including phenoxy) is 1. The van der Waals surface area contributed by atoms with Gasteiger partial charge in [0.05, 0.1) is 5.60 Å². The minimum atomic E-state index is -0.0621. The van der Waals surface area contributed by atoms with Crippen LogP contribution in [0.15, 0.2) is 0 Å². The van der Waals surface area contributed by atoms with Gasteiger partial charge in [-0.2, -0.15) is 0 Å². The van der Waals surface area contributed by atoms with Gasteiger partial charge in [-0.15, -0.1) is 0 Å². The summed E-state index contributed by atoms with van der Waals surface area (Å²) in [4.78, 5) is 0. The molecule has 2 N–H and O–H groups in total. The van der Waals surface area contributed by atoms with Gasteiger partial charge in [-0.05, 0) is 13.8 Å². The van der Waals surface area contributed by atoms with Gasteiger partial charge in [-0.3, -0.25) is 0 Å². The lowest BCUT2D eigenvalue weighted by atomic mass is 9.97. The maximum Gasteiger partial charge on any atom is 0.0787 e. The first-order chi connectivity index (χ1) is 5.17. The Balaban J connectivity index is 2.43. The lowest BCUT2D eigenvalue weighted by molar-refractivity contribution is -0.0133. The van der Waals surface area contributed by atoms with Crippen LogP contribution in [0.5, 0.6) is 0 Å². The van der Waals surface area contributed by atoms with Crippen molar-refractivity contribution < 1.29 is 4.74 Å². The number of hydrogen-bond acceptors (Lipinski definition) is 3. The van der Waals surface area contributed by atoms with Gasteiger partial charge in [-0.25, -0.2) is 0 Å². The van der Waals surface area contributed by atoms with E-state index in [2.05, 4.69) is 24.5 Å². The SMILES string of the molecule is COC(C)(C)C1CNCCN1. The fourth-order valence-corrected chi connectivity index (χ4v) is 1.29. The Morgan fingerprint density at radius 3 is 2.55 bits per heavy atom. The first-order valence-electron chi connectivity index (χ1n) is 4.16. The zero-order valence-corrected chi connectivity index (χ0v) is 7.61. The van der Waals surface area contributed by atoms with Gasteiger partial charge < -0.3 is 15.4 Å². The first-order valence-corrected chi connectivity index (χ1v) is 4.16. The van der Waals surface area contributed by atoms with E-state index in [1.165, 1.54) is 0 Å². The Morgan fingerprint density at radius 2 is 2.09 bits per heavy atom. The van der Waals surface area contributed by atoms with Crippen LogP contribution in [0.25, 0.3) is 0 Å². The highest BCUT2D eigenvalue weighted by atomic mass is 16.5. The third kappa shape index (κ3) is 2.15. The van der Waals surface area contributed by atoms with E-state index < -0.39 is 0 Å². The number of rotatable bonds is 2. The average molecular weight is 158 g/mol. The molecule has 3 heteroatoms. The molecular weight excluding hydrogens is 140 g/mol. The van der Waals surface area contributed by atoms with Crippen LogP contribution in [0.3, 0.4) is 0 Å². The summed E-state index contributed by atoms with van der Waals surface area (Å²) < 4.78 is 5.37. The largest absolute Gasteiger partial charge is 0.377 e. The van der Waals surface area contributed by atoms with Gasteiger partial charge in [0.25, 0.3) is 0 Å². The van der Waals surface area contributed by atoms with Crippen LogP contribution in [-0.2, 0) is 4.74 Å². The van der Waals surface area contributed by atoms with Crippen molar-refractivity contribution in [2.75, 3.05) is 26.7 Å². The minimum absolute atomic E-state index is 0.0621. The van der Waals surface area contributed by atoms with Gasteiger partial charge in [0.2, 0.25) is 0 Å². The molecule has 0 aromatic heterocycles. The summed E-state index contributed by atoms with van der Waals surface area (Å²) in [5.74, 6) is 0. The third-order valence-corrected chi connectivity index (χ3v) is 2.41. The molecule has 1 heterocycles. The molecular formula is C8H18N2O. The summed E-state index contributed by atoms with van der Waals surface area (Å²) in [6.45, 7) is 7.32. The normalized spacial score (nSPS) is 27.0. The highest BCUT2D eigenvalue weighted by Crippen LogP contribution is 2.13. The number of hydrogen-bond donors (Lipinski definition) is 2. The standard InChI is InChI=1S/C8H18N2O/c1-8(2,11-3)7-6-9-4-5-10-7/h7,9-10H,4-6H2,1-3H3. The molecule has 0 amide bonds. The fraction of sp³-hybridized carbons (Fsp3) is 1.00. The molecule has 66 valence electrons. The maximum absolute atomic E-state index is 5.37. The summed E-state index contributed by atoms with van der Waals surface area (Å²) in [6.07, 6.45) is 0. The summed E-state index contributed by atoms with van der Waals surface area (Å²) in [6, 6.07) is 0.432. The fourth-order valence-electron chi connectivity index (χ4n) is 1.29. The van der Waals surface area contributed by atoms with Gasteiger partial charge in [0.1, 0.15) is 0 Å². The molecule has 0 bridgehead atoms. The molecule has 0 radical (unpaired) electrons. The number of methoxy groups -OCH3 is 1. The van der Waals surface area contributed by atoms with Crippen molar-refractivity contribution in [1.82, 2.24) is 10.6 Å². The molecule has 1 saturated heterocycles. The van der Waals surface area contributed by atoms with Gasteiger partial charge in [0.15, 0.2) is 0 Å². The molecule has 0 spiro atoms. The van der Waals surface area contributed by atoms with Crippen molar-refractivity contribution in [3.05, 3.63) is 0 Å². The molecule has 11 heavy (non-hydrogen) atoms. The van der Waals surface area contributed by atoms with Crippen molar-refractivity contribution in [2.45, 2.75) is 25.5 Å². The lowest BCUT2D eigenvalue weighted by Gasteiger charge is -2.36. The summed E-state index contributed by atoms with van der Waals surface area (Å²) in [5, 5.41) is 6.76. The molecule has 1 unspecified atom stereocenters. The Bertz CT molecular complexity index is 119. The summed E-state index contributed by atoms with van der Waals surface area (Å²) in [7, 11) is 1.76. The van der Waals surface area contributed by atoms with Crippen molar-refractivity contribution in [3.63, 3.8) is 0 Å². The Kier molecular flexibility index (Phi) is 2.87. The van der Waals surface area contributed by atoms with Crippen LogP contribution in [0.4, 0.5) is 0 Å². The first kappa shape index (κ1) is 8.97. The summed E-state index contributed by atoms with van der Waals surface area (Å²) >= 11 is 0. The number of nitrogens with one attached hydrogen (secondary N) is 2. The van der Waals surface area contributed by atoms with Crippen LogP contribution in [-0.4, -0.2) is 38.4 Å². The molecule has 1 aliphatic heterocycles. The topological polar surface area (TPSA) is 33.3 Å². The van der Waals surface area contributed by atoms with Gasteiger partial charge in [-0.1, -0.05) is 0 Å². The highest BCUT2D eigenvalue weighted by Gasteiger charge is 2.29. The molecule has 0 aromatic rings. The molecule has 0 saturated carbocycles. The van der Waals surface area contributed by atoms with E-state index in [-0.39, 0.29) is 5.60 Å². The maximum atomic E-state index is 5.37. The van der Waals surface area contributed by atoms with Crippen molar-refractivity contribution >= 4 is 0 Å². The van der Waals surface area contributed by atoms with E-state index in [1.807, 2.05) is 0 Å². The summed E-state index contributed by atoms with van der Waals surface area (Å²) in [5.41, 5.74) is -0.0621. The smallest absolute Gasteiger partial charge is 0.0787 e. The molecule has 0 aromatic carbocycles. The average Bonchev–Trinajstić information content (AvgIpc) is 2.06. The molecule has 1 rings (SSSR count). The zero-order chi connectivity index (χ0) is 8.32. The van der Waals surface area contributed by atoms with Crippen LogP contribution in [0, 0.1) is 0 Å². The van der Waals surface area contributed by atoms with E-state index in [0.29, 0.717) is 6.04 Å². The van der Waals surface area contributed by atoms with Crippen molar-refractivity contribution in [2.24, 2.45) is 0 Å². The second-order valence-corrected chi connectivity index (χ2v) is 3.52. The highest BCUT2D eigenvalue weighted by molar-refractivity contribution is 4.89. The van der Waals surface area contributed by atoms with Crippen molar-refractivity contribution in [3.8, 4) is 0 Å². The predicted molar refractivity (Wildman–Crippen MR) is 45.7 cm³/mol. The second-order valence-electron chi connectivity index (χ2n) is 3.52. The lowest BCUT2D eigenvalue weighted by Crippen LogP contribution is -2.58. The predicted octanol–water partition coefficient (Wildman–Crippen LogP) is -0.0272. The van der Waals surface area contributed by atoms with Crippen LogP contribution >= 0.6 is 0 Å². The van der Waals surface area contributed by atoms with Crippen LogP contribution < -0.4 is 10.6 Å². The number of piperazine rings is 1. The Morgan fingerprint density at radius 1 is 1.36 bits per heavy atom. The zero-order valence-electron chi connectivity index (χ0n) is 7.61. The van der Waals surface area contributed by atoms with E-state index in [9.17, 15) is 0 Å². The van der Waals surface area contributed by atoms with Crippen LogP contribution in [0.2, 0.25) is 0 Å². The molecule has 3 nitrogen and oxygen atoms in total. The molecule has 1 aliphatic rings. The Labute approximate surface area is 68.5 Å². The van der Waals surface area contributed by atoms with E-state index in [0.717, 1.165) is 19.6 Å². The van der Waals surface area contributed by atoms with Gasteiger partial charge >= 0.3 is 0 Å². The van der Waals surface area contributed by atoms with Crippen molar-refractivity contribution in [1.29, 1.82) is 0 Å². The molecule has 0 aliphatic carbocycles. The van der Waals surface area contributed by atoms with E-state index in [1.54, 1.807) is 7.11 Å².